The highest BCUT2D eigenvalue weighted by Gasteiger charge is 2.24. The first-order valence-electron chi connectivity index (χ1n) is 7.82. The number of nitrogens with two attached hydrogens (primary N) is 1. The maximum absolute atomic E-state index is 5.55. The predicted octanol–water partition coefficient (Wildman–Crippen LogP) is 2.03. The molecule has 4 N–H and O–H groups in total. The summed E-state index contributed by atoms with van der Waals surface area (Å²) in [5.41, 5.74) is 3.72. The fourth-order valence-corrected chi connectivity index (χ4v) is 2.94. The van der Waals surface area contributed by atoms with E-state index in [0.29, 0.717) is 23.7 Å². The van der Waals surface area contributed by atoms with Crippen LogP contribution in [0.15, 0.2) is 6.33 Å². The van der Waals surface area contributed by atoms with Crippen molar-refractivity contribution in [1.29, 1.82) is 0 Å². The number of rotatable bonds is 6. The fourth-order valence-electron chi connectivity index (χ4n) is 2.94. The number of hydrogen-bond donors (Lipinski definition) is 3. The van der Waals surface area contributed by atoms with Gasteiger partial charge in [-0.25, -0.2) is 15.8 Å². The Morgan fingerprint density at radius 2 is 2.00 bits per heavy atom. The molecule has 0 aliphatic carbocycles. The van der Waals surface area contributed by atoms with Crippen molar-refractivity contribution in [3.8, 4) is 0 Å². The van der Waals surface area contributed by atoms with Gasteiger partial charge in [0.25, 0.3) is 0 Å². The second-order valence-corrected chi connectivity index (χ2v) is 6.41. The Morgan fingerprint density at radius 1 is 1.29 bits per heavy atom. The molecule has 0 bridgehead atoms. The molecule has 1 fully saturated rings. The van der Waals surface area contributed by atoms with E-state index in [4.69, 9.17) is 5.84 Å². The number of hydrogen-bond acceptors (Lipinski definition) is 6. The molecule has 1 aliphatic rings. The molecular weight excluding hydrogens is 264 g/mol. The maximum atomic E-state index is 5.55. The van der Waals surface area contributed by atoms with E-state index >= 15 is 0 Å². The van der Waals surface area contributed by atoms with E-state index in [-0.39, 0.29) is 0 Å². The van der Waals surface area contributed by atoms with Crippen molar-refractivity contribution in [3.63, 3.8) is 0 Å². The first kappa shape index (κ1) is 16.0. The smallest absolute Gasteiger partial charge is 0.148 e. The molecule has 1 aromatic rings. The highest BCUT2D eigenvalue weighted by molar-refractivity contribution is 5.58. The van der Waals surface area contributed by atoms with Gasteiger partial charge in [0.15, 0.2) is 0 Å². The van der Waals surface area contributed by atoms with Crippen LogP contribution in [0.1, 0.15) is 45.6 Å². The van der Waals surface area contributed by atoms with Gasteiger partial charge < -0.3 is 15.6 Å². The number of nitrogens with zero attached hydrogens (tertiary/aromatic N) is 3. The van der Waals surface area contributed by atoms with Crippen LogP contribution in [0.25, 0.3) is 0 Å². The number of nitrogens with one attached hydrogen (secondary N) is 2. The number of hydrazine groups is 1. The third-order valence-corrected chi connectivity index (χ3v) is 4.20. The Bertz CT molecular complexity index is 459. The van der Waals surface area contributed by atoms with Crippen LogP contribution in [0, 0.1) is 5.92 Å². The first-order valence-corrected chi connectivity index (χ1v) is 7.82. The van der Waals surface area contributed by atoms with Gasteiger partial charge >= 0.3 is 0 Å². The van der Waals surface area contributed by atoms with Crippen LogP contribution in [0.4, 0.5) is 11.6 Å². The maximum Gasteiger partial charge on any atom is 0.148 e. The predicted molar refractivity (Wildman–Crippen MR) is 87.2 cm³/mol. The molecule has 1 saturated heterocycles. The first-order chi connectivity index (χ1) is 10.0. The Labute approximate surface area is 127 Å². The molecule has 1 aliphatic heterocycles. The Balaban J connectivity index is 2.01. The molecular formula is C15H28N6. The molecule has 1 unspecified atom stereocenters. The van der Waals surface area contributed by atoms with Gasteiger partial charge in [0, 0.05) is 24.7 Å². The number of anilines is 2. The van der Waals surface area contributed by atoms with Crippen LogP contribution < -0.4 is 16.6 Å². The van der Waals surface area contributed by atoms with Crippen LogP contribution in [-0.2, 0) is 0 Å². The van der Waals surface area contributed by atoms with E-state index < -0.39 is 0 Å². The molecule has 6 nitrogen and oxygen atoms in total. The second kappa shape index (κ2) is 7.04. The molecule has 118 valence electrons. The van der Waals surface area contributed by atoms with Crippen molar-refractivity contribution in [3.05, 3.63) is 11.9 Å². The summed E-state index contributed by atoms with van der Waals surface area (Å²) in [5, 5.41) is 3.50. The van der Waals surface area contributed by atoms with Gasteiger partial charge in [-0.3, -0.25) is 0 Å². The second-order valence-electron chi connectivity index (χ2n) is 6.41. The van der Waals surface area contributed by atoms with Crippen molar-refractivity contribution < 1.29 is 0 Å². The summed E-state index contributed by atoms with van der Waals surface area (Å²) in [7, 11) is 0. The lowest BCUT2D eigenvalue weighted by atomic mass is 10.0. The van der Waals surface area contributed by atoms with Crippen molar-refractivity contribution in [2.24, 2.45) is 11.8 Å². The van der Waals surface area contributed by atoms with E-state index in [2.05, 4.69) is 53.3 Å². The molecule has 0 saturated carbocycles. The Hall–Kier alpha value is -1.40. The summed E-state index contributed by atoms with van der Waals surface area (Å²) in [6.45, 7) is 12.1. The van der Waals surface area contributed by atoms with E-state index in [1.807, 2.05) is 0 Å². The molecule has 6 heteroatoms. The molecule has 21 heavy (non-hydrogen) atoms. The highest BCUT2D eigenvalue weighted by Crippen LogP contribution is 2.28. The monoisotopic (exact) mass is 292 g/mol. The van der Waals surface area contributed by atoms with Crippen LogP contribution in [0.5, 0.6) is 0 Å². The van der Waals surface area contributed by atoms with E-state index in [1.165, 1.54) is 13.0 Å². The molecule has 0 aromatic carbocycles. The van der Waals surface area contributed by atoms with Crippen molar-refractivity contribution in [2.75, 3.05) is 30.4 Å². The summed E-state index contributed by atoms with van der Waals surface area (Å²) in [6.07, 6.45) is 2.80. The minimum absolute atomic E-state index is 0.315. The lowest BCUT2D eigenvalue weighted by Gasteiger charge is -2.21. The van der Waals surface area contributed by atoms with Gasteiger partial charge in [0.05, 0.1) is 0 Å². The largest absolute Gasteiger partial charge is 0.369 e. The minimum atomic E-state index is 0.315. The van der Waals surface area contributed by atoms with E-state index in [0.717, 1.165) is 24.5 Å². The van der Waals surface area contributed by atoms with Gasteiger partial charge in [-0.15, -0.1) is 0 Å². The van der Waals surface area contributed by atoms with Crippen LogP contribution in [-0.4, -0.2) is 40.5 Å². The standard InChI is InChI=1S/C15H28N6/c1-10(2)13-14(18-9-19-15(13)20-16)17-7-12-5-6-21(8-12)11(3)4/h9-12H,5-8,16H2,1-4H3,(H2,17,18,19,20). The molecule has 1 atom stereocenters. The van der Waals surface area contributed by atoms with E-state index in [9.17, 15) is 0 Å². The normalized spacial score (nSPS) is 19.5. The summed E-state index contributed by atoms with van der Waals surface area (Å²) < 4.78 is 0. The van der Waals surface area contributed by atoms with Gasteiger partial charge in [-0.1, -0.05) is 13.8 Å². The average molecular weight is 292 g/mol. The molecule has 2 heterocycles. The highest BCUT2D eigenvalue weighted by atomic mass is 15.3. The molecule has 1 aromatic heterocycles. The van der Waals surface area contributed by atoms with Crippen LogP contribution in [0.2, 0.25) is 0 Å². The van der Waals surface area contributed by atoms with Crippen molar-refractivity contribution >= 4 is 11.6 Å². The SMILES string of the molecule is CC(C)c1c(NN)ncnc1NCC1CCN(C(C)C)C1. The van der Waals surface area contributed by atoms with Crippen molar-refractivity contribution in [2.45, 2.75) is 46.1 Å². The van der Waals surface area contributed by atoms with Gasteiger partial charge in [-0.2, -0.15) is 0 Å². The fraction of sp³-hybridized carbons (Fsp3) is 0.733. The number of aromatic nitrogens is 2. The Morgan fingerprint density at radius 3 is 2.57 bits per heavy atom. The Kier molecular flexibility index (Phi) is 5.36. The molecule has 0 amide bonds. The lowest BCUT2D eigenvalue weighted by Crippen LogP contribution is -2.29. The average Bonchev–Trinajstić information content (AvgIpc) is 2.93. The van der Waals surface area contributed by atoms with Crippen LogP contribution >= 0.6 is 0 Å². The minimum Gasteiger partial charge on any atom is -0.369 e. The molecule has 2 rings (SSSR count). The van der Waals surface area contributed by atoms with Gasteiger partial charge in [-0.05, 0) is 38.6 Å². The molecule has 0 spiro atoms. The molecule has 0 radical (unpaired) electrons. The van der Waals surface area contributed by atoms with Gasteiger partial charge in [0.2, 0.25) is 0 Å². The zero-order valence-corrected chi connectivity index (χ0v) is 13.6. The van der Waals surface area contributed by atoms with E-state index in [1.54, 1.807) is 6.33 Å². The number of nitrogen functional groups attached to an aromatic ring is 1. The van der Waals surface area contributed by atoms with Crippen LogP contribution in [0.3, 0.4) is 0 Å². The zero-order chi connectivity index (χ0) is 15.4. The third-order valence-electron chi connectivity index (χ3n) is 4.20. The zero-order valence-electron chi connectivity index (χ0n) is 13.6. The van der Waals surface area contributed by atoms with Gasteiger partial charge in [0.1, 0.15) is 18.0 Å². The summed E-state index contributed by atoms with van der Waals surface area (Å²) in [5.74, 6) is 8.15. The number of likely N-dealkylation sites (tertiary alicyclic amines) is 1. The summed E-state index contributed by atoms with van der Waals surface area (Å²) in [6, 6.07) is 0.633. The van der Waals surface area contributed by atoms with Crippen molar-refractivity contribution in [1.82, 2.24) is 14.9 Å². The topological polar surface area (TPSA) is 79.1 Å². The lowest BCUT2D eigenvalue weighted by molar-refractivity contribution is 0.266. The third kappa shape index (κ3) is 3.83. The summed E-state index contributed by atoms with van der Waals surface area (Å²) in [4.78, 5) is 11.1. The quantitative estimate of drug-likeness (QED) is 0.550. The summed E-state index contributed by atoms with van der Waals surface area (Å²) >= 11 is 0.